The van der Waals surface area contributed by atoms with Crippen molar-refractivity contribution in [3.8, 4) is 0 Å². The molecule has 1 aromatic carbocycles. The topological polar surface area (TPSA) is 58.6 Å². The van der Waals surface area contributed by atoms with E-state index in [1.807, 2.05) is 13.1 Å². The molecule has 7 heteroatoms. The van der Waals surface area contributed by atoms with E-state index in [4.69, 9.17) is 4.74 Å². The van der Waals surface area contributed by atoms with Crippen LogP contribution in [0.1, 0.15) is 5.56 Å². The number of halogens is 1. The molecule has 0 unspecified atom stereocenters. The summed E-state index contributed by atoms with van der Waals surface area (Å²) in [6.07, 6.45) is 0. The molecular weight excluding hydrogens is 332 g/mol. The summed E-state index contributed by atoms with van der Waals surface area (Å²) in [4.78, 5) is 0.277. The zero-order valence-corrected chi connectivity index (χ0v) is 13.7. The van der Waals surface area contributed by atoms with Gasteiger partial charge in [0.05, 0.1) is 11.5 Å². The first-order valence-electron chi connectivity index (χ1n) is 5.81. The third-order valence-corrected chi connectivity index (χ3v) is 5.53. The quantitative estimate of drug-likeness (QED) is 0.808. The highest BCUT2D eigenvalue weighted by atomic mass is 79.9. The number of ether oxygens (including phenoxy) is 1. The lowest BCUT2D eigenvalue weighted by atomic mass is 10.2. The van der Waals surface area contributed by atoms with Crippen LogP contribution in [0.15, 0.2) is 27.6 Å². The predicted molar refractivity (Wildman–Crippen MR) is 78.6 cm³/mol. The monoisotopic (exact) mass is 350 g/mol. The molecule has 0 aliphatic rings. The largest absolute Gasteiger partial charge is 0.383 e. The normalized spacial score (nSPS) is 12.1. The van der Waals surface area contributed by atoms with E-state index in [-0.39, 0.29) is 4.90 Å². The zero-order chi connectivity index (χ0) is 14.5. The average molecular weight is 351 g/mol. The Morgan fingerprint density at radius 1 is 1.42 bits per heavy atom. The second-order valence-corrected chi connectivity index (χ2v) is 6.98. The van der Waals surface area contributed by atoms with E-state index in [9.17, 15) is 8.42 Å². The summed E-state index contributed by atoms with van der Waals surface area (Å²) in [7, 11) is 1.41. The van der Waals surface area contributed by atoms with Gasteiger partial charge in [-0.25, -0.2) is 8.42 Å². The third-order valence-electron chi connectivity index (χ3n) is 2.68. The van der Waals surface area contributed by atoms with Gasteiger partial charge < -0.3 is 10.1 Å². The van der Waals surface area contributed by atoms with Gasteiger partial charge >= 0.3 is 0 Å². The van der Waals surface area contributed by atoms with Crippen molar-refractivity contribution in [1.29, 1.82) is 0 Å². The van der Waals surface area contributed by atoms with Crippen LogP contribution >= 0.6 is 15.9 Å². The smallest absolute Gasteiger partial charge is 0.244 e. The predicted octanol–water partition coefficient (Wildman–Crippen LogP) is 1.44. The zero-order valence-electron chi connectivity index (χ0n) is 11.3. The van der Waals surface area contributed by atoms with Crippen LogP contribution < -0.4 is 5.32 Å². The molecule has 1 aromatic rings. The van der Waals surface area contributed by atoms with Gasteiger partial charge in [0.15, 0.2) is 0 Å². The van der Waals surface area contributed by atoms with Crippen molar-refractivity contribution in [2.75, 3.05) is 34.4 Å². The van der Waals surface area contributed by atoms with Gasteiger partial charge in [-0.05, 0) is 40.7 Å². The summed E-state index contributed by atoms with van der Waals surface area (Å²) in [6.45, 7) is 1.31. The van der Waals surface area contributed by atoms with Crippen LogP contribution in [-0.2, 0) is 21.3 Å². The van der Waals surface area contributed by atoms with Gasteiger partial charge in [0, 0.05) is 31.7 Å². The number of rotatable bonds is 7. The maximum absolute atomic E-state index is 12.4. The van der Waals surface area contributed by atoms with Crippen LogP contribution in [0.25, 0.3) is 0 Å². The molecule has 108 valence electrons. The van der Waals surface area contributed by atoms with Gasteiger partial charge in [0.1, 0.15) is 0 Å². The Kier molecular flexibility index (Phi) is 6.41. The molecule has 0 aromatic heterocycles. The number of benzene rings is 1. The van der Waals surface area contributed by atoms with Crippen LogP contribution in [0.4, 0.5) is 0 Å². The van der Waals surface area contributed by atoms with E-state index in [2.05, 4.69) is 21.2 Å². The van der Waals surface area contributed by atoms with E-state index >= 15 is 0 Å². The highest BCUT2D eigenvalue weighted by Crippen LogP contribution is 2.25. The maximum Gasteiger partial charge on any atom is 0.244 e. The Bertz CT molecular complexity index is 520. The van der Waals surface area contributed by atoms with E-state index in [0.717, 1.165) is 5.56 Å². The highest BCUT2D eigenvalue weighted by Gasteiger charge is 2.23. The van der Waals surface area contributed by atoms with Crippen LogP contribution in [0.5, 0.6) is 0 Å². The van der Waals surface area contributed by atoms with Gasteiger partial charge in [0.25, 0.3) is 0 Å². The van der Waals surface area contributed by atoms with Crippen molar-refractivity contribution in [3.63, 3.8) is 0 Å². The van der Waals surface area contributed by atoms with Gasteiger partial charge in [-0.1, -0.05) is 6.07 Å². The molecule has 0 aliphatic heterocycles. The fraction of sp³-hybridized carbons (Fsp3) is 0.500. The molecule has 0 aliphatic carbocycles. The first-order valence-corrected chi connectivity index (χ1v) is 8.05. The first kappa shape index (κ1) is 16.6. The summed E-state index contributed by atoms with van der Waals surface area (Å²) >= 11 is 3.30. The molecule has 0 spiro atoms. The fourth-order valence-corrected chi connectivity index (χ4v) is 3.69. The van der Waals surface area contributed by atoms with Crippen molar-refractivity contribution >= 4 is 26.0 Å². The Morgan fingerprint density at radius 3 is 2.68 bits per heavy atom. The van der Waals surface area contributed by atoms with Gasteiger partial charge in [-0.15, -0.1) is 0 Å². The Labute approximate surface area is 123 Å². The molecule has 5 nitrogen and oxygen atoms in total. The number of hydrogen-bond donors (Lipinski definition) is 1. The second-order valence-electron chi connectivity index (χ2n) is 4.11. The molecule has 0 saturated heterocycles. The number of hydrogen-bond acceptors (Lipinski definition) is 4. The summed E-state index contributed by atoms with van der Waals surface area (Å²) in [5.74, 6) is 0. The molecule has 0 fully saturated rings. The molecule has 1 N–H and O–H groups in total. The fourth-order valence-electron chi connectivity index (χ4n) is 1.57. The Hall–Kier alpha value is -0.470. The van der Waals surface area contributed by atoms with Gasteiger partial charge in [0.2, 0.25) is 10.0 Å². The lowest BCUT2D eigenvalue weighted by molar-refractivity contribution is 0.185. The summed E-state index contributed by atoms with van der Waals surface area (Å²) in [5.41, 5.74) is 0.921. The number of methoxy groups -OCH3 is 1. The minimum atomic E-state index is -3.50. The van der Waals surface area contributed by atoms with Crippen molar-refractivity contribution in [2.24, 2.45) is 0 Å². The second kappa shape index (κ2) is 7.35. The third kappa shape index (κ3) is 4.25. The van der Waals surface area contributed by atoms with Crippen LogP contribution in [0.2, 0.25) is 0 Å². The van der Waals surface area contributed by atoms with Gasteiger partial charge in [-0.3, -0.25) is 0 Å². The maximum atomic E-state index is 12.4. The van der Waals surface area contributed by atoms with Crippen molar-refractivity contribution in [2.45, 2.75) is 11.4 Å². The van der Waals surface area contributed by atoms with E-state index in [1.54, 1.807) is 26.3 Å². The number of sulfonamides is 1. The van der Waals surface area contributed by atoms with E-state index < -0.39 is 10.0 Å². The summed E-state index contributed by atoms with van der Waals surface area (Å²) in [6, 6.07) is 5.32. The molecule has 0 saturated carbocycles. The molecular formula is C12H19BrN2O3S. The molecule has 1 rings (SSSR count). The lowest BCUT2D eigenvalue weighted by Gasteiger charge is -2.18. The van der Waals surface area contributed by atoms with Crippen molar-refractivity contribution < 1.29 is 13.2 Å². The highest BCUT2D eigenvalue weighted by molar-refractivity contribution is 9.10. The molecule has 0 amide bonds. The number of nitrogens with one attached hydrogen (secondary N) is 1. The number of likely N-dealkylation sites (N-methyl/N-ethyl adjacent to an activating group) is 1. The average Bonchev–Trinajstić information content (AvgIpc) is 2.38. The van der Waals surface area contributed by atoms with Crippen LogP contribution in [0, 0.1) is 0 Å². The van der Waals surface area contributed by atoms with Crippen LogP contribution in [-0.4, -0.2) is 47.1 Å². The summed E-state index contributed by atoms with van der Waals surface area (Å²) in [5, 5.41) is 3.00. The molecule has 0 atom stereocenters. The molecule has 0 radical (unpaired) electrons. The minimum Gasteiger partial charge on any atom is -0.383 e. The Morgan fingerprint density at radius 2 is 2.11 bits per heavy atom. The standard InChI is InChI=1S/C12H19BrN2O3S/c1-14-9-10-4-5-11(13)12(8-10)19(16,17)15(2)6-7-18-3/h4-5,8,14H,6-7,9H2,1-3H3. The lowest BCUT2D eigenvalue weighted by Crippen LogP contribution is -2.30. The first-order chi connectivity index (χ1) is 8.93. The minimum absolute atomic E-state index is 0.277. The SMILES string of the molecule is CNCc1ccc(Br)c(S(=O)(=O)N(C)CCOC)c1. The Balaban J connectivity index is 3.09. The van der Waals surface area contributed by atoms with Crippen LogP contribution in [0.3, 0.4) is 0 Å². The van der Waals surface area contributed by atoms with E-state index in [0.29, 0.717) is 24.2 Å². The van der Waals surface area contributed by atoms with E-state index in [1.165, 1.54) is 4.31 Å². The summed E-state index contributed by atoms with van der Waals surface area (Å²) < 4.78 is 31.6. The molecule has 0 heterocycles. The molecule has 0 bridgehead atoms. The van der Waals surface area contributed by atoms with Crippen molar-refractivity contribution in [3.05, 3.63) is 28.2 Å². The van der Waals surface area contributed by atoms with Crippen molar-refractivity contribution in [1.82, 2.24) is 9.62 Å². The van der Waals surface area contributed by atoms with Gasteiger partial charge in [-0.2, -0.15) is 4.31 Å². The molecule has 19 heavy (non-hydrogen) atoms. The number of nitrogens with zero attached hydrogens (tertiary/aromatic N) is 1.